The van der Waals surface area contributed by atoms with Crippen molar-refractivity contribution in [3.8, 4) is 11.5 Å². The van der Waals surface area contributed by atoms with Crippen LogP contribution in [0.3, 0.4) is 0 Å². The van der Waals surface area contributed by atoms with Crippen LogP contribution in [0.2, 0.25) is 0 Å². The fourth-order valence-corrected chi connectivity index (χ4v) is 2.78. The Morgan fingerprint density at radius 3 is 2.61 bits per heavy atom. The van der Waals surface area contributed by atoms with E-state index in [1.165, 1.54) is 6.07 Å². The highest BCUT2D eigenvalue weighted by Crippen LogP contribution is 2.25. The molecule has 1 aromatic heterocycles. The Balaban J connectivity index is 1.56. The molecule has 0 aliphatic carbocycles. The van der Waals surface area contributed by atoms with Gasteiger partial charge in [0.25, 0.3) is 5.91 Å². The number of aromatic nitrogens is 1. The Bertz CT molecular complexity index is 961. The molecule has 144 valence electrons. The SMILES string of the molecule is Cc1nc(CN)ccc1C(=O)NCCc1ccc(Oc2ccccc2)c(F)c1. The van der Waals surface area contributed by atoms with Gasteiger partial charge in [-0.2, -0.15) is 0 Å². The van der Waals surface area contributed by atoms with Crippen LogP contribution in [0.4, 0.5) is 4.39 Å². The summed E-state index contributed by atoms with van der Waals surface area (Å²) in [5.41, 5.74) is 8.20. The zero-order chi connectivity index (χ0) is 19.9. The number of hydrogen-bond acceptors (Lipinski definition) is 4. The average Bonchev–Trinajstić information content (AvgIpc) is 2.70. The summed E-state index contributed by atoms with van der Waals surface area (Å²) in [6.45, 7) is 2.49. The number of halogens is 1. The summed E-state index contributed by atoms with van der Waals surface area (Å²) in [4.78, 5) is 16.6. The first-order valence-corrected chi connectivity index (χ1v) is 9.03. The van der Waals surface area contributed by atoms with Crippen LogP contribution in [0.1, 0.15) is 27.3 Å². The minimum absolute atomic E-state index is 0.167. The molecular weight excluding hydrogens is 357 g/mol. The smallest absolute Gasteiger partial charge is 0.253 e. The number of carbonyl (C=O) groups excluding carboxylic acids is 1. The quantitative estimate of drug-likeness (QED) is 0.655. The second kappa shape index (κ2) is 9.10. The maximum atomic E-state index is 14.3. The third-order valence-corrected chi connectivity index (χ3v) is 4.26. The molecule has 0 radical (unpaired) electrons. The van der Waals surface area contributed by atoms with E-state index in [0.29, 0.717) is 36.5 Å². The van der Waals surface area contributed by atoms with Crippen LogP contribution in [-0.2, 0) is 13.0 Å². The normalized spacial score (nSPS) is 10.5. The lowest BCUT2D eigenvalue weighted by atomic mass is 10.1. The number of carbonyl (C=O) groups is 1. The van der Waals surface area contributed by atoms with Gasteiger partial charge in [0, 0.05) is 13.1 Å². The molecule has 0 saturated carbocycles. The first-order valence-electron chi connectivity index (χ1n) is 9.03. The molecule has 28 heavy (non-hydrogen) atoms. The number of rotatable bonds is 7. The number of nitrogens with one attached hydrogen (secondary N) is 1. The molecule has 0 bridgehead atoms. The highest BCUT2D eigenvalue weighted by molar-refractivity contribution is 5.95. The van der Waals surface area contributed by atoms with Crippen LogP contribution < -0.4 is 15.8 Å². The van der Waals surface area contributed by atoms with E-state index in [2.05, 4.69) is 10.3 Å². The Hall–Kier alpha value is -3.25. The molecule has 1 amide bonds. The van der Waals surface area contributed by atoms with E-state index in [0.717, 1.165) is 11.3 Å². The zero-order valence-electron chi connectivity index (χ0n) is 15.6. The fourth-order valence-electron chi connectivity index (χ4n) is 2.78. The third-order valence-electron chi connectivity index (χ3n) is 4.26. The number of para-hydroxylation sites is 1. The van der Waals surface area contributed by atoms with E-state index < -0.39 is 5.82 Å². The van der Waals surface area contributed by atoms with Gasteiger partial charge in [0.15, 0.2) is 11.6 Å². The number of pyridine rings is 1. The molecule has 3 N–H and O–H groups in total. The minimum atomic E-state index is -0.440. The molecule has 2 aromatic carbocycles. The van der Waals surface area contributed by atoms with Crippen LogP contribution in [0.25, 0.3) is 0 Å². The number of hydrogen-bond donors (Lipinski definition) is 2. The van der Waals surface area contributed by atoms with Gasteiger partial charge in [-0.3, -0.25) is 9.78 Å². The number of amides is 1. The molecule has 1 heterocycles. The van der Waals surface area contributed by atoms with Crippen LogP contribution in [-0.4, -0.2) is 17.4 Å². The van der Waals surface area contributed by atoms with Crippen LogP contribution in [0.5, 0.6) is 11.5 Å². The Kier molecular flexibility index (Phi) is 6.34. The first-order chi connectivity index (χ1) is 13.6. The van der Waals surface area contributed by atoms with Crippen molar-refractivity contribution in [1.29, 1.82) is 0 Å². The standard InChI is InChI=1S/C22H22FN3O2/c1-15-19(9-8-17(14-24)26-15)22(27)25-12-11-16-7-10-21(20(23)13-16)28-18-5-3-2-4-6-18/h2-10,13H,11-12,14,24H2,1H3,(H,25,27). The van der Waals surface area contributed by atoms with E-state index in [1.807, 2.05) is 18.2 Å². The zero-order valence-corrected chi connectivity index (χ0v) is 15.6. The molecule has 0 aliphatic rings. The van der Waals surface area contributed by atoms with Gasteiger partial charge in [0.2, 0.25) is 0 Å². The van der Waals surface area contributed by atoms with Crippen molar-refractivity contribution in [3.63, 3.8) is 0 Å². The maximum absolute atomic E-state index is 14.3. The third kappa shape index (κ3) is 4.92. The van der Waals surface area contributed by atoms with Crippen molar-refractivity contribution in [2.75, 3.05) is 6.54 Å². The average molecular weight is 379 g/mol. The lowest BCUT2D eigenvalue weighted by Gasteiger charge is -2.10. The van der Waals surface area contributed by atoms with E-state index in [1.54, 1.807) is 43.3 Å². The number of nitrogens with two attached hydrogens (primary N) is 1. The lowest BCUT2D eigenvalue weighted by molar-refractivity contribution is 0.0953. The summed E-state index contributed by atoms with van der Waals surface area (Å²) in [6.07, 6.45) is 0.502. The number of nitrogens with zero attached hydrogens (tertiary/aromatic N) is 1. The molecule has 0 fully saturated rings. The summed E-state index contributed by atoms with van der Waals surface area (Å²) in [7, 11) is 0. The number of benzene rings is 2. The van der Waals surface area contributed by atoms with Crippen molar-refractivity contribution in [3.05, 3.63) is 89.0 Å². The topological polar surface area (TPSA) is 77.2 Å². The van der Waals surface area contributed by atoms with E-state index in [-0.39, 0.29) is 11.7 Å². The number of ether oxygens (including phenoxy) is 1. The number of aryl methyl sites for hydroxylation is 1. The Morgan fingerprint density at radius 2 is 1.93 bits per heavy atom. The monoisotopic (exact) mass is 379 g/mol. The minimum Gasteiger partial charge on any atom is -0.454 e. The molecule has 0 atom stereocenters. The molecule has 0 unspecified atom stereocenters. The fraction of sp³-hybridized carbons (Fsp3) is 0.182. The maximum Gasteiger partial charge on any atom is 0.253 e. The summed E-state index contributed by atoms with van der Waals surface area (Å²) in [5, 5.41) is 2.84. The van der Waals surface area contributed by atoms with Crippen molar-refractivity contribution < 1.29 is 13.9 Å². The second-order valence-corrected chi connectivity index (χ2v) is 6.33. The predicted octanol–water partition coefficient (Wildman–Crippen LogP) is 3.75. The molecule has 3 rings (SSSR count). The Labute approximate surface area is 163 Å². The summed E-state index contributed by atoms with van der Waals surface area (Å²) in [6, 6.07) is 17.3. The van der Waals surface area contributed by atoms with Gasteiger partial charge in [-0.15, -0.1) is 0 Å². The van der Waals surface area contributed by atoms with E-state index in [9.17, 15) is 9.18 Å². The predicted molar refractivity (Wildman–Crippen MR) is 106 cm³/mol. The molecule has 0 aliphatic heterocycles. The molecule has 0 saturated heterocycles. The van der Waals surface area contributed by atoms with Gasteiger partial charge in [0.1, 0.15) is 5.75 Å². The summed E-state index contributed by atoms with van der Waals surface area (Å²) in [5.74, 6) is 0.0925. The van der Waals surface area contributed by atoms with Gasteiger partial charge in [0.05, 0.1) is 17.0 Å². The second-order valence-electron chi connectivity index (χ2n) is 6.33. The first kappa shape index (κ1) is 19.5. The van der Waals surface area contributed by atoms with Gasteiger partial charge in [-0.05, 0) is 55.3 Å². The summed E-state index contributed by atoms with van der Waals surface area (Å²) >= 11 is 0. The molecule has 3 aromatic rings. The van der Waals surface area contributed by atoms with Crippen LogP contribution >= 0.6 is 0 Å². The molecule has 5 nitrogen and oxygen atoms in total. The van der Waals surface area contributed by atoms with Gasteiger partial charge in [-0.1, -0.05) is 24.3 Å². The van der Waals surface area contributed by atoms with Gasteiger partial charge < -0.3 is 15.8 Å². The summed E-state index contributed by atoms with van der Waals surface area (Å²) < 4.78 is 19.8. The highest BCUT2D eigenvalue weighted by atomic mass is 19.1. The Morgan fingerprint density at radius 1 is 1.14 bits per heavy atom. The van der Waals surface area contributed by atoms with Crippen molar-refractivity contribution in [2.45, 2.75) is 19.9 Å². The highest BCUT2D eigenvalue weighted by Gasteiger charge is 2.11. The largest absolute Gasteiger partial charge is 0.454 e. The molecule has 0 spiro atoms. The van der Waals surface area contributed by atoms with Gasteiger partial charge >= 0.3 is 0 Å². The molecular formula is C22H22FN3O2. The van der Waals surface area contributed by atoms with Crippen molar-refractivity contribution in [2.24, 2.45) is 5.73 Å². The van der Waals surface area contributed by atoms with E-state index in [4.69, 9.17) is 10.5 Å². The van der Waals surface area contributed by atoms with Crippen molar-refractivity contribution in [1.82, 2.24) is 10.3 Å². The van der Waals surface area contributed by atoms with Crippen LogP contribution in [0, 0.1) is 12.7 Å². The van der Waals surface area contributed by atoms with Crippen molar-refractivity contribution >= 4 is 5.91 Å². The van der Waals surface area contributed by atoms with E-state index >= 15 is 0 Å². The lowest BCUT2D eigenvalue weighted by Crippen LogP contribution is -2.26. The molecule has 6 heteroatoms. The van der Waals surface area contributed by atoms with Gasteiger partial charge in [-0.25, -0.2) is 4.39 Å². The van der Waals surface area contributed by atoms with Crippen LogP contribution in [0.15, 0.2) is 60.7 Å².